The molecule has 1 fully saturated rings. The molecule has 1 N–H and O–H groups in total. The molecule has 0 saturated carbocycles. The number of sulfonamides is 1. The molecule has 1 aliphatic rings. The fourth-order valence-corrected chi connectivity index (χ4v) is 4.20. The van der Waals surface area contributed by atoms with Crippen LogP contribution in [0, 0.1) is 0 Å². The molecule has 1 aromatic carbocycles. The number of rotatable bonds is 9. The highest BCUT2D eigenvalue weighted by Gasteiger charge is 2.25. The first-order valence-corrected chi connectivity index (χ1v) is 10.1. The third-order valence-electron chi connectivity index (χ3n) is 4.32. The number of nitrogens with zero attached hydrogens (tertiary/aromatic N) is 1. The van der Waals surface area contributed by atoms with Crippen molar-refractivity contribution in [2.45, 2.75) is 38.6 Å². The summed E-state index contributed by atoms with van der Waals surface area (Å²) in [7, 11) is -1.55. The van der Waals surface area contributed by atoms with Crippen LogP contribution >= 0.6 is 0 Å². The van der Waals surface area contributed by atoms with E-state index in [2.05, 4.69) is 9.62 Å². The molecule has 0 bridgehead atoms. The SMILES string of the molecule is CCCCS(=O)(=O)NCC(c1cccc(OC)c1)N1CCCC1. The van der Waals surface area contributed by atoms with Crippen molar-refractivity contribution in [1.29, 1.82) is 0 Å². The molecule has 1 unspecified atom stereocenters. The first-order valence-electron chi connectivity index (χ1n) is 8.41. The number of benzene rings is 1. The maximum Gasteiger partial charge on any atom is 0.211 e. The lowest BCUT2D eigenvalue weighted by molar-refractivity contribution is 0.246. The first kappa shape index (κ1) is 18.2. The molecule has 0 radical (unpaired) electrons. The standard InChI is InChI=1S/C17H28N2O3S/c1-3-4-12-23(20,21)18-14-17(19-10-5-6-11-19)15-8-7-9-16(13-15)22-2/h7-9,13,17-18H,3-6,10-12,14H2,1-2H3. The summed E-state index contributed by atoms with van der Waals surface area (Å²) in [6.07, 6.45) is 3.92. The molecule has 5 nitrogen and oxygen atoms in total. The normalized spacial score (nSPS) is 17.3. The van der Waals surface area contributed by atoms with E-state index in [1.165, 1.54) is 12.8 Å². The van der Waals surface area contributed by atoms with Crippen molar-refractivity contribution < 1.29 is 13.2 Å². The maximum atomic E-state index is 12.1. The Morgan fingerprint density at radius 3 is 2.70 bits per heavy atom. The van der Waals surface area contributed by atoms with Crippen LogP contribution in [0.3, 0.4) is 0 Å². The van der Waals surface area contributed by atoms with E-state index in [1.807, 2.05) is 31.2 Å². The van der Waals surface area contributed by atoms with Crippen molar-refractivity contribution in [3.05, 3.63) is 29.8 Å². The third kappa shape index (κ3) is 5.48. The van der Waals surface area contributed by atoms with E-state index in [-0.39, 0.29) is 11.8 Å². The van der Waals surface area contributed by atoms with Gasteiger partial charge in [0.1, 0.15) is 5.75 Å². The molecule has 1 heterocycles. The summed E-state index contributed by atoms with van der Waals surface area (Å²) in [4.78, 5) is 2.36. The lowest BCUT2D eigenvalue weighted by Crippen LogP contribution is -2.37. The van der Waals surface area contributed by atoms with Crippen LogP contribution in [0.1, 0.15) is 44.2 Å². The number of nitrogens with one attached hydrogen (secondary N) is 1. The van der Waals surface area contributed by atoms with Crippen LogP contribution in [0.15, 0.2) is 24.3 Å². The minimum Gasteiger partial charge on any atom is -0.497 e. The second-order valence-electron chi connectivity index (χ2n) is 6.06. The van der Waals surface area contributed by atoms with Gasteiger partial charge in [-0.2, -0.15) is 0 Å². The Bertz CT molecular complexity index is 583. The van der Waals surface area contributed by atoms with Gasteiger partial charge in [-0.25, -0.2) is 13.1 Å². The highest BCUT2D eigenvalue weighted by Crippen LogP contribution is 2.27. The summed E-state index contributed by atoms with van der Waals surface area (Å²) in [6, 6.07) is 7.98. The fourth-order valence-electron chi connectivity index (χ4n) is 2.97. The lowest BCUT2D eigenvalue weighted by Gasteiger charge is -2.28. The van der Waals surface area contributed by atoms with E-state index in [9.17, 15) is 8.42 Å². The zero-order chi connectivity index (χ0) is 16.7. The molecule has 0 spiro atoms. The van der Waals surface area contributed by atoms with E-state index in [4.69, 9.17) is 4.74 Å². The molecular weight excluding hydrogens is 312 g/mol. The van der Waals surface area contributed by atoms with Crippen LogP contribution in [-0.2, 0) is 10.0 Å². The van der Waals surface area contributed by atoms with Gasteiger partial charge in [0.2, 0.25) is 10.0 Å². The monoisotopic (exact) mass is 340 g/mol. The van der Waals surface area contributed by atoms with E-state index in [0.29, 0.717) is 13.0 Å². The van der Waals surface area contributed by atoms with Gasteiger partial charge in [-0.05, 0) is 50.0 Å². The number of hydrogen-bond donors (Lipinski definition) is 1. The summed E-state index contributed by atoms with van der Waals surface area (Å²) in [6.45, 7) is 4.44. The zero-order valence-electron chi connectivity index (χ0n) is 14.1. The molecule has 1 aliphatic heterocycles. The topological polar surface area (TPSA) is 58.6 Å². The molecule has 1 saturated heterocycles. The molecule has 1 atom stereocenters. The van der Waals surface area contributed by atoms with Crippen molar-refractivity contribution in [2.24, 2.45) is 0 Å². The van der Waals surface area contributed by atoms with Crippen LogP contribution in [0.4, 0.5) is 0 Å². The van der Waals surface area contributed by atoms with Gasteiger partial charge in [0.25, 0.3) is 0 Å². The molecule has 0 aliphatic carbocycles. The number of ether oxygens (including phenoxy) is 1. The molecule has 1 aromatic rings. The molecule has 6 heteroatoms. The Balaban J connectivity index is 2.11. The summed E-state index contributed by atoms with van der Waals surface area (Å²) in [5.41, 5.74) is 1.10. The maximum absolute atomic E-state index is 12.1. The van der Waals surface area contributed by atoms with Crippen LogP contribution in [0.5, 0.6) is 5.75 Å². The Labute approximate surface area is 140 Å². The van der Waals surface area contributed by atoms with Crippen molar-refractivity contribution in [3.63, 3.8) is 0 Å². The van der Waals surface area contributed by atoms with Gasteiger partial charge >= 0.3 is 0 Å². The third-order valence-corrected chi connectivity index (χ3v) is 5.76. The Morgan fingerprint density at radius 2 is 2.04 bits per heavy atom. The van der Waals surface area contributed by atoms with Crippen LogP contribution in [0.2, 0.25) is 0 Å². The number of hydrogen-bond acceptors (Lipinski definition) is 4. The smallest absolute Gasteiger partial charge is 0.211 e. The predicted octanol–water partition coefficient (Wildman–Crippen LogP) is 2.55. The van der Waals surface area contributed by atoms with Gasteiger partial charge in [0.05, 0.1) is 12.9 Å². The average Bonchev–Trinajstić information content (AvgIpc) is 3.07. The lowest BCUT2D eigenvalue weighted by atomic mass is 10.1. The van der Waals surface area contributed by atoms with E-state index < -0.39 is 10.0 Å². The minimum absolute atomic E-state index is 0.0593. The molecular formula is C17H28N2O3S. The summed E-state index contributed by atoms with van der Waals surface area (Å²) in [5, 5.41) is 0. The van der Waals surface area contributed by atoms with Crippen molar-refractivity contribution >= 4 is 10.0 Å². The fraction of sp³-hybridized carbons (Fsp3) is 0.647. The second kappa shape index (κ2) is 8.66. The highest BCUT2D eigenvalue weighted by molar-refractivity contribution is 7.89. The number of unbranched alkanes of at least 4 members (excludes halogenated alkanes) is 1. The second-order valence-corrected chi connectivity index (χ2v) is 7.98. The molecule has 23 heavy (non-hydrogen) atoms. The van der Waals surface area contributed by atoms with Crippen molar-refractivity contribution in [2.75, 3.05) is 32.5 Å². The molecule has 0 aromatic heterocycles. The van der Waals surface area contributed by atoms with Gasteiger partial charge in [-0.15, -0.1) is 0 Å². The average molecular weight is 340 g/mol. The van der Waals surface area contributed by atoms with Gasteiger partial charge in [0.15, 0.2) is 0 Å². The summed E-state index contributed by atoms with van der Waals surface area (Å²) >= 11 is 0. The highest BCUT2D eigenvalue weighted by atomic mass is 32.2. The van der Waals surface area contributed by atoms with E-state index in [0.717, 1.165) is 30.8 Å². The van der Waals surface area contributed by atoms with Gasteiger partial charge in [0, 0.05) is 12.6 Å². The minimum atomic E-state index is -3.20. The molecule has 0 amide bonds. The predicted molar refractivity (Wildman–Crippen MR) is 93.2 cm³/mol. The van der Waals surface area contributed by atoms with Crippen molar-refractivity contribution in [1.82, 2.24) is 9.62 Å². The van der Waals surface area contributed by atoms with Gasteiger partial charge in [-0.1, -0.05) is 25.5 Å². The summed E-state index contributed by atoms with van der Waals surface area (Å²) < 4.78 is 32.3. The van der Waals surface area contributed by atoms with Gasteiger partial charge in [-0.3, -0.25) is 4.90 Å². The first-order chi connectivity index (χ1) is 11.1. The van der Waals surface area contributed by atoms with Crippen molar-refractivity contribution in [3.8, 4) is 5.75 Å². The van der Waals surface area contributed by atoms with Gasteiger partial charge < -0.3 is 4.74 Å². The summed E-state index contributed by atoms with van der Waals surface area (Å²) in [5.74, 6) is 1.01. The van der Waals surface area contributed by atoms with E-state index >= 15 is 0 Å². The quantitative estimate of drug-likeness (QED) is 0.750. The number of methoxy groups -OCH3 is 1. The Kier molecular flexibility index (Phi) is 6.87. The Morgan fingerprint density at radius 1 is 1.30 bits per heavy atom. The van der Waals surface area contributed by atoms with Crippen LogP contribution < -0.4 is 9.46 Å². The number of likely N-dealkylation sites (tertiary alicyclic amines) is 1. The van der Waals surface area contributed by atoms with Crippen LogP contribution in [-0.4, -0.2) is 45.8 Å². The zero-order valence-corrected chi connectivity index (χ0v) is 14.9. The van der Waals surface area contributed by atoms with E-state index in [1.54, 1.807) is 7.11 Å². The molecule has 2 rings (SSSR count). The largest absolute Gasteiger partial charge is 0.497 e. The molecule has 130 valence electrons. The van der Waals surface area contributed by atoms with Crippen LogP contribution in [0.25, 0.3) is 0 Å². The Hall–Kier alpha value is -1.11.